The molecule has 34 heavy (non-hydrogen) atoms. The number of carbonyl (C=O) groups excluding carboxylic acids is 2. The molecule has 2 N–H and O–H groups in total. The number of aromatic nitrogens is 2. The summed E-state index contributed by atoms with van der Waals surface area (Å²) in [6, 6.07) is 19.8. The smallest absolute Gasteiger partial charge is 0.255 e. The second-order valence-electron chi connectivity index (χ2n) is 8.04. The summed E-state index contributed by atoms with van der Waals surface area (Å²) in [5, 5.41) is 5.70. The Labute approximate surface area is 196 Å². The molecular formula is C26H24N4O4. The van der Waals surface area contributed by atoms with Gasteiger partial charge in [0.25, 0.3) is 11.8 Å². The molecule has 1 aliphatic heterocycles. The van der Waals surface area contributed by atoms with E-state index in [1.807, 2.05) is 35.0 Å². The average molecular weight is 457 g/mol. The van der Waals surface area contributed by atoms with E-state index in [-0.39, 0.29) is 17.9 Å². The molecule has 0 saturated carbocycles. The van der Waals surface area contributed by atoms with E-state index >= 15 is 0 Å². The third-order valence-corrected chi connectivity index (χ3v) is 5.53. The maximum Gasteiger partial charge on any atom is 0.255 e. The van der Waals surface area contributed by atoms with Gasteiger partial charge in [-0.1, -0.05) is 12.1 Å². The number of ether oxygens (including phenoxy) is 2. The zero-order valence-electron chi connectivity index (χ0n) is 18.4. The van der Waals surface area contributed by atoms with E-state index in [0.29, 0.717) is 35.9 Å². The maximum absolute atomic E-state index is 12.7. The average Bonchev–Trinajstić information content (AvgIpc) is 3.54. The Morgan fingerprint density at radius 2 is 1.85 bits per heavy atom. The van der Waals surface area contributed by atoms with E-state index < -0.39 is 0 Å². The van der Waals surface area contributed by atoms with Gasteiger partial charge in [-0.2, -0.15) is 0 Å². The molecule has 2 amide bonds. The highest BCUT2D eigenvalue weighted by atomic mass is 16.5. The lowest BCUT2D eigenvalue weighted by atomic mass is 10.2. The number of carbonyl (C=O) groups is 2. The van der Waals surface area contributed by atoms with Gasteiger partial charge in [-0.05, 0) is 67.4 Å². The standard InChI is InChI=1S/C26H24N4O4/c31-25(28-19-9-11-20(12-10-19)29-26(32)23-7-4-14-33-23)18-5-3-6-22(15-18)34-17-21-16-30-13-2-1-8-24(30)27-21/h1-3,5-6,8-13,15-16,23H,4,7,14,17H2,(H,28,31)(H,29,32)/t23-/m1/s1. The minimum Gasteiger partial charge on any atom is -0.487 e. The van der Waals surface area contributed by atoms with Crippen LogP contribution in [-0.2, 0) is 16.1 Å². The Balaban J connectivity index is 1.17. The van der Waals surface area contributed by atoms with Crippen molar-refractivity contribution in [3.63, 3.8) is 0 Å². The van der Waals surface area contributed by atoms with Crippen LogP contribution in [0.1, 0.15) is 28.9 Å². The predicted octanol–water partition coefficient (Wildman–Crippen LogP) is 4.28. The highest BCUT2D eigenvalue weighted by Gasteiger charge is 2.23. The molecule has 0 radical (unpaired) electrons. The number of pyridine rings is 1. The highest BCUT2D eigenvalue weighted by molar-refractivity contribution is 6.04. The molecule has 5 rings (SSSR count). The monoisotopic (exact) mass is 456 g/mol. The molecule has 0 bridgehead atoms. The number of anilines is 2. The first-order chi connectivity index (χ1) is 16.6. The fraction of sp³-hybridized carbons (Fsp3) is 0.192. The minimum absolute atomic E-state index is 0.144. The summed E-state index contributed by atoms with van der Waals surface area (Å²) in [7, 11) is 0. The van der Waals surface area contributed by atoms with Crippen molar-refractivity contribution in [2.24, 2.45) is 0 Å². The first-order valence-electron chi connectivity index (χ1n) is 11.1. The Kier molecular flexibility index (Phi) is 6.22. The van der Waals surface area contributed by atoms with Crippen LogP contribution in [0.3, 0.4) is 0 Å². The van der Waals surface area contributed by atoms with Crippen LogP contribution in [0, 0.1) is 0 Å². The van der Waals surface area contributed by atoms with Gasteiger partial charge in [-0.3, -0.25) is 9.59 Å². The van der Waals surface area contributed by atoms with Crippen LogP contribution in [0.2, 0.25) is 0 Å². The molecule has 8 nitrogen and oxygen atoms in total. The lowest BCUT2D eigenvalue weighted by Gasteiger charge is -2.11. The fourth-order valence-corrected chi connectivity index (χ4v) is 3.79. The minimum atomic E-state index is -0.387. The summed E-state index contributed by atoms with van der Waals surface area (Å²) >= 11 is 0. The van der Waals surface area contributed by atoms with Crippen LogP contribution in [0.25, 0.3) is 5.65 Å². The SMILES string of the molecule is O=C(Nc1ccc(NC(=O)[C@H]2CCCO2)cc1)c1cccc(OCc2cn3ccccc3n2)c1. The second-order valence-corrected chi connectivity index (χ2v) is 8.04. The summed E-state index contributed by atoms with van der Waals surface area (Å²) in [4.78, 5) is 29.4. The van der Waals surface area contributed by atoms with Gasteiger partial charge in [0.15, 0.2) is 0 Å². The zero-order valence-corrected chi connectivity index (χ0v) is 18.4. The molecule has 0 unspecified atom stereocenters. The Bertz CT molecular complexity index is 1280. The molecule has 0 spiro atoms. The summed E-state index contributed by atoms with van der Waals surface area (Å²) in [5.41, 5.74) is 3.40. The largest absolute Gasteiger partial charge is 0.487 e. The molecule has 1 atom stereocenters. The van der Waals surface area contributed by atoms with Gasteiger partial charge in [0, 0.05) is 35.9 Å². The molecule has 0 aliphatic carbocycles. The second kappa shape index (κ2) is 9.76. The third kappa shape index (κ3) is 5.07. The van der Waals surface area contributed by atoms with Crippen molar-refractivity contribution in [3.8, 4) is 5.75 Å². The van der Waals surface area contributed by atoms with Crippen LogP contribution < -0.4 is 15.4 Å². The Morgan fingerprint density at radius 1 is 1.03 bits per heavy atom. The van der Waals surface area contributed by atoms with Crippen molar-refractivity contribution in [3.05, 3.63) is 90.4 Å². The number of hydrogen-bond donors (Lipinski definition) is 2. The van der Waals surface area contributed by atoms with Crippen LogP contribution in [0.15, 0.2) is 79.1 Å². The molecule has 3 heterocycles. The van der Waals surface area contributed by atoms with Crippen molar-refractivity contribution >= 4 is 28.8 Å². The van der Waals surface area contributed by atoms with Gasteiger partial charge >= 0.3 is 0 Å². The summed E-state index contributed by atoms with van der Waals surface area (Å²) in [5.74, 6) is 0.181. The van der Waals surface area contributed by atoms with Gasteiger partial charge in [0.2, 0.25) is 0 Å². The van der Waals surface area contributed by atoms with Crippen molar-refractivity contribution < 1.29 is 19.1 Å². The molecule has 1 saturated heterocycles. The van der Waals surface area contributed by atoms with Crippen LogP contribution in [0.5, 0.6) is 5.75 Å². The normalized spacial score (nSPS) is 15.2. The van der Waals surface area contributed by atoms with Gasteiger partial charge in [-0.25, -0.2) is 4.98 Å². The topological polar surface area (TPSA) is 94.0 Å². The summed E-state index contributed by atoms with van der Waals surface area (Å²) in [6.45, 7) is 0.918. The van der Waals surface area contributed by atoms with Crippen molar-refractivity contribution in [2.75, 3.05) is 17.2 Å². The first kappa shape index (κ1) is 21.7. The van der Waals surface area contributed by atoms with Gasteiger partial charge < -0.3 is 24.5 Å². The molecular weight excluding hydrogens is 432 g/mol. The summed E-state index contributed by atoms with van der Waals surface area (Å²) in [6.07, 6.45) is 5.10. The number of amides is 2. The van der Waals surface area contributed by atoms with Crippen LogP contribution in [-0.4, -0.2) is 33.9 Å². The number of hydrogen-bond acceptors (Lipinski definition) is 5. The van der Waals surface area contributed by atoms with E-state index in [1.165, 1.54) is 0 Å². The number of rotatable bonds is 7. The van der Waals surface area contributed by atoms with E-state index in [4.69, 9.17) is 9.47 Å². The third-order valence-electron chi connectivity index (χ3n) is 5.53. The fourth-order valence-electron chi connectivity index (χ4n) is 3.79. The van der Waals surface area contributed by atoms with Crippen LogP contribution >= 0.6 is 0 Å². The number of benzene rings is 2. The molecule has 1 fully saturated rings. The van der Waals surface area contributed by atoms with Crippen molar-refractivity contribution in [1.82, 2.24) is 9.38 Å². The van der Waals surface area contributed by atoms with E-state index in [9.17, 15) is 9.59 Å². The Morgan fingerprint density at radius 3 is 2.62 bits per heavy atom. The number of imidazole rings is 1. The quantitative estimate of drug-likeness (QED) is 0.433. The number of nitrogens with one attached hydrogen (secondary N) is 2. The number of fused-ring (bicyclic) bond motifs is 1. The van der Waals surface area contributed by atoms with Gasteiger partial charge in [0.1, 0.15) is 24.1 Å². The van der Waals surface area contributed by atoms with Crippen LogP contribution in [0.4, 0.5) is 11.4 Å². The molecule has 4 aromatic rings. The summed E-state index contributed by atoms with van der Waals surface area (Å²) < 4.78 is 13.2. The lowest BCUT2D eigenvalue weighted by molar-refractivity contribution is -0.124. The van der Waals surface area contributed by atoms with E-state index in [2.05, 4.69) is 15.6 Å². The maximum atomic E-state index is 12.7. The number of nitrogens with zero attached hydrogens (tertiary/aromatic N) is 2. The van der Waals surface area contributed by atoms with Crippen molar-refractivity contribution in [2.45, 2.75) is 25.6 Å². The zero-order chi connectivity index (χ0) is 23.3. The highest BCUT2D eigenvalue weighted by Crippen LogP contribution is 2.20. The van der Waals surface area contributed by atoms with Gasteiger partial charge in [0.05, 0.1) is 5.69 Å². The molecule has 2 aromatic heterocycles. The lowest BCUT2D eigenvalue weighted by Crippen LogP contribution is -2.26. The molecule has 1 aliphatic rings. The molecule has 172 valence electrons. The van der Waals surface area contributed by atoms with Crippen molar-refractivity contribution in [1.29, 1.82) is 0 Å². The van der Waals surface area contributed by atoms with E-state index in [0.717, 1.165) is 24.2 Å². The molecule has 2 aromatic carbocycles. The Hall–Kier alpha value is -4.17. The van der Waals surface area contributed by atoms with Gasteiger partial charge in [-0.15, -0.1) is 0 Å². The molecule has 8 heteroatoms. The predicted molar refractivity (Wildman–Crippen MR) is 128 cm³/mol. The first-order valence-corrected chi connectivity index (χ1v) is 11.1. The van der Waals surface area contributed by atoms with E-state index in [1.54, 1.807) is 48.5 Å².